The Morgan fingerprint density at radius 2 is 1.93 bits per heavy atom. The van der Waals surface area contributed by atoms with Crippen molar-refractivity contribution in [3.05, 3.63) is 53.6 Å². The number of rotatable bonds is 5. The lowest BCUT2D eigenvalue weighted by Gasteiger charge is -2.41. The van der Waals surface area contributed by atoms with Gasteiger partial charge < -0.3 is 9.47 Å². The highest BCUT2D eigenvalue weighted by molar-refractivity contribution is 5.76. The summed E-state index contributed by atoms with van der Waals surface area (Å²) in [5, 5.41) is 0. The van der Waals surface area contributed by atoms with Gasteiger partial charge in [-0.3, -0.25) is 9.69 Å². The van der Waals surface area contributed by atoms with E-state index in [0.717, 1.165) is 51.4 Å². The highest BCUT2D eigenvalue weighted by atomic mass is 16.2. The third-order valence-corrected chi connectivity index (χ3v) is 6.19. The van der Waals surface area contributed by atoms with E-state index in [1.165, 1.54) is 24.0 Å². The summed E-state index contributed by atoms with van der Waals surface area (Å²) in [5.41, 5.74) is 3.04. The summed E-state index contributed by atoms with van der Waals surface area (Å²) in [6, 6.07) is 9.49. The molecule has 0 bridgehead atoms. The maximum Gasteiger partial charge on any atom is 0.224 e. The van der Waals surface area contributed by atoms with Crippen LogP contribution in [-0.2, 0) is 30.6 Å². The summed E-state index contributed by atoms with van der Waals surface area (Å²) >= 11 is 0. The average molecular weight is 367 g/mol. The van der Waals surface area contributed by atoms with E-state index in [1.54, 1.807) is 0 Å². The van der Waals surface area contributed by atoms with Gasteiger partial charge in [0.15, 0.2) is 0 Å². The zero-order valence-electron chi connectivity index (χ0n) is 16.3. The quantitative estimate of drug-likeness (QED) is 0.817. The van der Waals surface area contributed by atoms with Gasteiger partial charge in [0.2, 0.25) is 5.91 Å². The highest BCUT2D eigenvalue weighted by Crippen LogP contribution is 2.25. The lowest BCUT2D eigenvalue weighted by Crippen LogP contribution is -2.53. The Hall–Kier alpha value is -2.14. The summed E-state index contributed by atoms with van der Waals surface area (Å²) in [6.07, 6.45) is 8.86. The number of benzene rings is 1. The Kier molecular flexibility index (Phi) is 5.58. The molecule has 2 aromatic rings. The number of imidazole rings is 1. The minimum atomic E-state index is 0.277. The van der Waals surface area contributed by atoms with Gasteiger partial charge >= 0.3 is 0 Å². The third-order valence-electron chi connectivity index (χ3n) is 6.19. The first-order valence-electron chi connectivity index (χ1n) is 10.3. The normalized spacial score (nSPS) is 20.5. The van der Waals surface area contributed by atoms with E-state index in [2.05, 4.69) is 50.5 Å². The molecule has 0 saturated carbocycles. The molecule has 144 valence electrons. The minimum Gasteiger partial charge on any atom is -0.340 e. The number of carbonyl (C=O) groups is 1. The molecule has 2 heterocycles. The molecule has 1 atom stereocenters. The average Bonchev–Trinajstić information content (AvgIpc) is 3.19. The fourth-order valence-electron chi connectivity index (χ4n) is 4.56. The highest BCUT2D eigenvalue weighted by Gasteiger charge is 2.28. The summed E-state index contributed by atoms with van der Waals surface area (Å²) in [5.74, 6) is 1.34. The minimum absolute atomic E-state index is 0.277. The van der Waals surface area contributed by atoms with Crippen LogP contribution < -0.4 is 0 Å². The molecular formula is C22H30N4O. The van der Waals surface area contributed by atoms with Crippen LogP contribution in [0.15, 0.2) is 36.7 Å². The molecule has 27 heavy (non-hydrogen) atoms. The van der Waals surface area contributed by atoms with E-state index in [1.807, 2.05) is 12.4 Å². The molecule has 1 saturated heterocycles. The lowest BCUT2D eigenvalue weighted by atomic mass is 9.87. The summed E-state index contributed by atoms with van der Waals surface area (Å²) in [4.78, 5) is 21.6. The second-order valence-electron chi connectivity index (χ2n) is 7.72. The zero-order valence-corrected chi connectivity index (χ0v) is 16.3. The fourth-order valence-corrected chi connectivity index (χ4v) is 4.56. The van der Waals surface area contributed by atoms with Crippen LogP contribution in [0, 0.1) is 0 Å². The number of aromatic nitrogens is 2. The van der Waals surface area contributed by atoms with E-state index in [9.17, 15) is 4.79 Å². The van der Waals surface area contributed by atoms with Crippen molar-refractivity contribution in [3.8, 4) is 0 Å². The van der Waals surface area contributed by atoms with E-state index in [0.29, 0.717) is 12.5 Å². The van der Waals surface area contributed by atoms with Crippen LogP contribution >= 0.6 is 0 Å². The van der Waals surface area contributed by atoms with Crippen molar-refractivity contribution < 1.29 is 4.79 Å². The molecule has 1 aromatic heterocycles. The predicted octanol–water partition coefficient (Wildman–Crippen LogP) is 2.54. The topological polar surface area (TPSA) is 41.4 Å². The Morgan fingerprint density at radius 1 is 1.15 bits per heavy atom. The molecule has 5 nitrogen and oxygen atoms in total. The van der Waals surface area contributed by atoms with Crippen molar-refractivity contribution in [3.63, 3.8) is 0 Å². The Balaban J connectivity index is 1.26. The van der Waals surface area contributed by atoms with Gasteiger partial charge in [-0.25, -0.2) is 4.98 Å². The van der Waals surface area contributed by atoms with E-state index >= 15 is 0 Å². The molecule has 5 heteroatoms. The monoisotopic (exact) mass is 366 g/mol. The number of fused-ring (bicyclic) bond motifs is 1. The second-order valence-corrected chi connectivity index (χ2v) is 7.72. The SMILES string of the molecule is CCc1nccn1CCC(=O)N1CCN(C2CCc3ccccc3C2)CC1. The molecule has 1 aliphatic heterocycles. The van der Waals surface area contributed by atoms with E-state index < -0.39 is 0 Å². The number of hydrogen-bond acceptors (Lipinski definition) is 3. The Bertz CT molecular complexity index is 776. The largest absolute Gasteiger partial charge is 0.340 e. The van der Waals surface area contributed by atoms with Gasteiger partial charge in [-0.2, -0.15) is 0 Å². The number of carbonyl (C=O) groups excluding carboxylic acids is 1. The molecule has 1 aromatic carbocycles. The zero-order chi connectivity index (χ0) is 18.6. The standard InChI is InChI=1S/C22H30N4O/c1-2-21-23-10-12-25(21)11-9-22(27)26-15-13-24(14-16-26)20-8-7-18-5-3-4-6-19(18)17-20/h3-6,10,12,20H,2,7-9,11,13-17H2,1H3. The first kappa shape index (κ1) is 18.2. The van der Waals surface area contributed by atoms with Gasteiger partial charge in [0.25, 0.3) is 0 Å². The van der Waals surface area contributed by atoms with Gasteiger partial charge in [0.1, 0.15) is 5.82 Å². The van der Waals surface area contributed by atoms with Crippen molar-refractivity contribution in [1.82, 2.24) is 19.4 Å². The van der Waals surface area contributed by atoms with Crippen LogP contribution in [0.1, 0.15) is 36.7 Å². The van der Waals surface area contributed by atoms with Crippen molar-refractivity contribution in [2.24, 2.45) is 0 Å². The van der Waals surface area contributed by atoms with E-state index in [-0.39, 0.29) is 5.91 Å². The molecule has 1 aliphatic carbocycles. The maximum atomic E-state index is 12.6. The molecule has 1 fully saturated rings. The molecule has 0 spiro atoms. The summed E-state index contributed by atoms with van der Waals surface area (Å²) in [7, 11) is 0. The van der Waals surface area contributed by atoms with Crippen LogP contribution in [0.2, 0.25) is 0 Å². The lowest BCUT2D eigenvalue weighted by molar-refractivity contribution is -0.133. The summed E-state index contributed by atoms with van der Waals surface area (Å²) in [6.45, 7) is 6.57. The first-order valence-corrected chi connectivity index (χ1v) is 10.3. The maximum absolute atomic E-state index is 12.6. The molecule has 4 rings (SSSR count). The smallest absolute Gasteiger partial charge is 0.224 e. The molecule has 1 amide bonds. The van der Waals surface area contributed by atoms with Gasteiger partial charge in [-0.15, -0.1) is 0 Å². The number of amides is 1. The predicted molar refractivity (Wildman–Crippen MR) is 107 cm³/mol. The van der Waals surface area contributed by atoms with Crippen molar-refractivity contribution >= 4 is 5.91 Å². The Labute approximate surface area is 162 Å². The first-order chi connectivity index (χ1) is 13.2. The molecule has 2 aliphatic rings. The van der Waals surface area contributed by atoms with Crippen molar-refractivity contribution in [1.29, 1.82) is 0 Å². The second kappa shape index (κ2) is 8.26. The van der Waals surface area contributed by atoms with Crippen LogP contribution in [0.3, 0.4) is 0 Å². The van der Waals surface area contributed by atoms with Crippen LogP contribution in [0.5, 0.6) is 0 Å². The van der Waals surface area contributed by atoms with Crippen molar-refractivity contribution in [2.75, 3.05) is 26.2 Å². The molecule has 1 unspecified atom stereocenters. The van der Waals surface area contributed by atoms with Crippen LogP contribution in [-0.4, -0.2) is 57.5 Å². The summed E-state index contributed by atoms with van der Waals surface area (Å²) < 4.78 is 2.10. The third kappa shape index (κ3) is 4.08. The van der Waals surface area contributed by atoms with Crippen LogP contribution in [0.25, 0.3) is 0 Å². The Morgan fingerprint density at radius 3 is 2.70 bits per heavy atom. The van der Waals surface area contributed by atoms with Gasteiger partial charge in [-0.1, -0.05) is 31.2 Å². The van der Waals surface area contributed by atoms with Crippen molar-refractivity contribution in [2.45, 2.75) is 51.6 Å². The fraction of sp³-hybridized carbons (Fsp3) is 0.545. The number of piperazine rings is 1. The van der Waals surface area contributed by atoms with Gasteiger partial charge in [0.05, 0.1) is 0 Å². The van der Waals surface area contributed by atoms with Crippen LogP contribution in [0.4, 0.5) is 0 Å². The number of aryl methyl sites for hydroxylation is 3. The number of hydrogen-bond donors (Lipinski definition) is 0. The van der Waals surface area contributed by atoms with Gasteiger partial charge in [-0.05, 0) is 30.4 Å². The van der Waals surface area contributed by atoms with E-state index in [4.69, 9.17) is 0 Å². The molecule has 0 N–H and O–H groups in total. The van der Waals surface area contributed by atoms with Gasteiger partial charge in [0, 0.05) is 64.0 Å². The molecular weight excluding hydrogens is 336 g/mol. The molecule has 0 radical (unpaired) electrons. The number of nitrogens with zero attached hydrogens (tertiary/aromatic N) is 4.